The zero-order valence-corrected chi connectivity index (χ0v) is 39.4. The van der Waals surface area contributed by atoms with E-state index in [2.05, 4.69) is 104 Å². The molecule has 0 rings (SSSR count). The van der Waals surface area contributed by atoms with E-state index in [4.69, 9.17) is 0 Å². The Balaban J connectivity index is 3.66. The summed E-state index contributed by atoms with van der Waals surface area (Å²) >= 11 is 0. The molecule has 2 atom stereocenters. The van der Waals surface area contributed by atoms with Crippen LogP contribution < -0.4 is 5.32 Å². The first-order valence-electron chi connectivity index (χ1n) is 25.5. The van der Waals surface area contributed by atoms with Crippen molar-refractivity contribution in [3.05, 3.63) is 97.2 Å². The van der Waals surface area contributed by atoms with Crippen molar-refractivity contribution < 1.29 is 15.0 Å². The van der Waals surface area contributed by atoms with Crippen LogP contribution in [0.15, 0.2) is 97.2 Å². The molecule has 0 saturated carbocycles. The van der Waals surface area contributed by atoms with Crippen molar-refractivity contribution in [2.45, 2.75) is 244 Å². The summed E-state index contributed by atoms with van der Waals surface area (Å²) in [5, 5.41) is 23.0. The first-order valence-corrected chi connectivity index (χ1v) is 25.5. The highest BCUT2D eigenvalue weighted by Gasteiger charge is 2.17. The Morgan fingerprint density at radius 1 is 0.417 bits per heavy atom. The number of aliphatic hydroxyl groups is 2. The molecule has 344 valence electrons. The standard InChI is InChI=1S/C56H97NO3/c1-3-5-7-9-11-13-15-17-19-21-23-25-26-27-28-29-30-32-33-35-37-39-41-43-45-47-49-51-55(59)54(53-58)57-56(60)52-50-48-46-44-42-40-38-36-34-31-24-22-20-18-16-14-12-10-8-6-4-2/h6,8,12,14,18,20,24,31,36,38,41-44,49,51,54-55,58-59H,3-5,7,9-11,13,15-17,19,21-23,25-30,32-35,37,39-40,45-48,50,52-53H2,1-2H3,(H,57,60)/b8-6-,14-12-,20-18-,31-24-,38-36-,43-41+,44-42-,51-49+. The predicted molar refractivity (Wildman–Crippen MR) is 266 cm³/mol. The van der Waals surface area contributed by atoms with Gasteiger partial charge < -0.3 is 15.5 Å². The van der Waals surface area contributed by atoms with E-state index in [-0.39, 0.29) is 12.5 Å². The Hall–Kier alpha value is -2.69. The van der Waals surface area contributed by atoms with Gasteiger partial charge in [-0.3, -0.25) is 4.79 Å². The Bertz CT molecular complexity index is 1130. The van der Waals surface area contributed by atoms with Crippen molar-refractivity contribution >= 4 is 5.91 Å². The molecule has 3 N–H and O–H groups in total. The van der Waals surface area contributed by atoms with Crippen LogP contribution in [0.4, 0.5) is 0 Å². The van der Waals surface area contributed by atoms with Gasteiger partial charge in [-0.1, -0.05) is 239 Å². The largest absolute Gasteiger partial charge is 0.394 e. The van der Waals surface area contributed by atoms with Gasteiger partial charge in [-0.15, -0.1) is 0 Å². The summed E-state index contributed by atoms with van der Waals surface area (Å²) in [4.78, 5) is 12.4. The number of unbranched alkanes of at least 4 members (excludes halogenated alkanes) is 24. The average molecular weight is 832 g/mol. The van der Waals surface area contributed by atoms with Crippen LogP contribution in [-0.2, 0) is 4.79 Å². The zero-order valence-electron chi connectivity index (χ0n) is 39.4. The van der Waals surface area contributed by atoms with Gasteiger partial charge in [0, 0.05) is 6.42 Å². The number of hydrogen-bond acceptors (Lipinski definition) is 3. The summed E-state index contributed by atoms with van der Waals surface area (Å²) in [6.45, 7) is 4.17. The first-order chi connectivity index (χ1) is 29.7. The van der Waals surface area contributed by atoms with Crippen LogP contribution in [-0.4, -0.2) is 34.9 Å². The lowest BCUT2D eigenvalue weighted by molar-refractivity contribution is -0.123. The van der Waals surface area contributed by atoms with Gasteiger partial charge >= 0.3 is 0 Å². The second-order valence-corrected chi connectivity index (χ2v) is 16.8. The van der Waals surface area contributed by atoms with Crippen LogP contribution in [0.5, 0.6) is 0 Å². The molecule has 0 aliphatic carbocycles. The molecule has 2 unspecified atom stereocenters. The van der Waals surface area contributed by atoms with E-state index in [0.29, 0.717) is 6.42 Å². The van der Waals surface area contributed by atoms with Gasteiger partial charge in [-0.2, -0.15) is 0 Å². The van der Waals surface area contributed by atoms with E-state index < -0.39 is 12.1 Å². The molecule has 0 radical (unpaired) electrons. The third-order valence-corrected chi connectivity index (χ3v) is 11.1. The minimum atomic E-state index is -0.888. The quantitative estimate of drug-likeness (QED) is 0.0423. The number of carbonyl (C=O) groups is 1. The lowest BCUT2D eigenvalue weighted by atomic mass is 10.0. The number of allylic oxidation sites excluding steroid dienone is 15. The Morgan fingerprint density at radius 3 is 1.17 bits per heavy atom. The van der Waals surface area contributed by atoms with Gasteiger partial charge in [0.25, 0.3) is 0 Å². The molecule has 0 aliphatic rings. The molecule has 4 heteroatoms. The van der Waals surface area contributed by atoms with E-state index in [1.165, 1.54) is 135 Å². The number of carbonyl (C=O) groups excluding carboxylic acids is 1. The summed E-state index contributed by atoms with van der Waals surface area (Å²) in [5.74, 6) is -0.118. The van der Waals surface area contributed by atoms with E-state index >= 15 is 0 Å². The first kappa shape index (κ1) is 57.3. The van der Waals surface area contributed by atoms with Crippen LogP contribution in [0.2, 0.25) is 0 Å². The number of amides is 1. The Morgan fingerprint density at radius 2 is 0.750 bits per heavy atom. The second kappa shape index (κ2) is 50.7. The second-order valence-electron chi connectivity index (χ2n) is 16.8. The molecule has 0 fully saturated rings. The molecule has 0 spiro atoms. The summed E-state index contributed by atoms with van der Waals surface area (Å²) in [6, 6.07) is -0.670. The number of nitrogens with one attached hydrogen (secondary N) is 1. The van der Waals surface area contributed by atoms with E-state index in [9.17, 15) is 15.0 Å². The molecule has 0 aromatic carbocycles. The normalized spacial score (nSPS) is 13.7. The molecular weight excluding hydrogens is 735 g/mol. The van der Waals surface area contributed by atoms with Crippen LogP contribution in [0.25, 0.3) is 0 Å². The van der Waals surface area contributed by atoms with Gasteiger partial charge in [-0.05, 0) is 83.5 Å². The number of rotatable bonds is 45. The van der Waals surface area contributed by atoms with Gasteiger partial charge in [0.15, 0.2) is 0 Å². The Labute approximate surface area is 373 Å². The average Bonchev–Trinajstić information content (AvgIpc) is 3.25. The molecule has 0 heterocycles. The SMILES string of the molecule is CC/C=C\C/C=C\C/C=C\C/C=C\C/C=C\C/C=C\CCCCC(=O)NC(CO)C(O)/C=C/CC/C=C/CCCCCCCCCCCCCCCCCCCCCCC. The van der Waals surface area contributed by atoms with Crippen molar-refractivity contribution in [2.75, 3.05) is 6.61 Å². The fourth-order valence-electron chi connectivity index (χ4n) is 7.20. The molecule has 0 aromatic heterocycles. The molecule has 0 aromatic rings. The monoisotopic (exact) mass is 832 g/mol. The van der Waals surface area contributed by atoms with Crippen molar-refractivity contribution in [3.63, 3.8) is 0 Å². The molecular formula is C56H97NO3. The minimum absolute atomic E-state index is 0.118. The van der Waals surface area contributed by atoms with Gasteiger partial charge in [0.1, 0.15) is 0 Å². The fraction of sp³-hybridized carbons (Fsp3) is 0.696. The van der Waals surface area contributed by atoms with Crippen molar-refractivity contribution in [3.8, 4) is 0 Å². The summed E-state index contributed by atoms with van der Waals surface area (Å²) < 4.78 is 0. The van der Waals surface area contributed by atoms with Crippen LogP contribution in [0.1, 0.15) is 232 Å². The molecule has 0 bridgehead atoms. The number of aliphatic hydroxyl groups excluding tert-OH is 2. The maximum Gasteiger partial charge on any atom is 0.220 e. The van der Waals surface area contributed by atoms with Crippen molar-refractivity contribution in [2.24, 2.45) is 0 Å². The van der Waals surface area contributed by atoms with E-state index in [1.54, 1.807) is 6.08 Å². The lowest BCUT2D eigenvalue weighted by Crippen LogP contribution is -2.45. The molecule has 1 amide bonds. The minimum Gasteiger partial charge on any atom is -0.394 e. The van der Waals surface area contributed by atoms with Gasteiger partial charge in [0.05, 0.1) is 18.8 Å². The highest BCUT2D eigenvalue weighted by molar-refractivity contribution is 5.76. The maximum atomic E-state index is 12.4. The van der Waals surface area contributed by atoms with E-state index in [0.717, 1.165) is 77.0 Å². The predicted octanol–water partition coefficient (Wildman–Crippen LogP) is 16.6. The topological polar surface area (TPSA) is 69.6 Å². The fourth-order valence-corrected chi connectivity index (χ4v) is 7.20. The van der Waals surface area contributed by atoms with Crippen molar-refractivity contribution in [1.29, 1.82) is 0 Å². The Kier molecular flexibility index (Phi) is 48.4. The maximum absolute atomic E-state index is 12.4. The highest BCUT2D eigenvalue weighted by Crippen LogP contribution is 2.15. The summed E-state index contributed by atoms with van der Waals surface area (Å²) in [6.07, 6.45) is 75.5. The zero-order chi connectivity index (χ0) is 43.5. The highest BCUT2D eigenvalue weighted by atomic mass is 16.3. The summed E-state index contributed by atoms with van der Waals surface area (Å²) in [7, 11) is 0. The van der Waals surface area contributed by atoms with Crippen molar-refractivity contribution in [1.82, 2.24) is 5.32 Å². The van der Waals surface area contributed by atoms with Crippen LogP contribution >= 0.6 is 0 Å². The summed E-state index contributed by atoms with van der Waals surface area (Å²) in [5.41, 5.74) is 0. The van der Waals surface area contributed by atoms with Crippen LogP contribution in [0, 0.1) is 0 Å². The molecule has 0 saturated heterocycles. The van der Waals surface area contributed by atoms with E-state index in [1.807, 2.05) is 6.08 Å². The third-order valence-electron chi connectivity index (χ3n) is 11.1. The smallest absolute Gasteiger partial charge is 0.220 e. The number of hydrogen-bond donors (Lipinski definition) is 3. The third kappa shape index (κ3) is 46.4. The van der Waals surface area contributed by atoms with Gasteiger partial charge in [-0.25, -0.2) is 0 Å². The molecule has 60 heavy (non-hydrogen) atoms. The lowest BCUT2D eigenvalue weighted by Gasteiger charge is -2.19. The van der Waals surface area contributed by atoms with Crippen LogP contribution in [0.3, 0.4) is 0 Å². The molecule has 0 aliphatic heterocycles. The molecule has 4 nitrogen and oxygen atoms in total. The van der Waals surface area contributed by atoms with Gasteiger partial charge in [0.2, 0.25) is 5.91 Å².